The summed E-state index contributed by atoms with van der Waals surface area (Å²) in [5, 5.41) is 14.0. The Kier molecular flexibility index (Phi) is 5.42. The van der Waals surface area contributed by atoms with E-state index in [1.54, 1.807) is 18.3 Å². The molecule has 0 fully saturated rings. The number of carbonyl (C=O) groups is 1. The molecule has 0 radical (unpaired) electrons. The van der Waals surface area contributed by atoms with Crippen LogP contribution in [0.1, 0.15) is 16.8 Å². The van der Waals surface area contributed by atoms with Gasteiger partial charge in [-0.3, -0.25) is 14.0 Å². The van der Waals surface area contributed by atoms with Gasteiger partial charge in [0.05, 0.1) is 22.5 Å². The lowest BCUT2D eigenvalue weighted by Gasteiger charge is -2.15. The van der Waals surface area contributed by atoms with Gasteiger partial charge in [-0.1, -0.05) is 24.3 Å². The Bertz CT molecular complexity index is 1350. The van der Waals surface area contributed by atoms with E-state index in [9.17, 15) is 9.59 Å². The molecular weight excluding hydrogens is 378 g/mol. The Morgan fingerprint density at radius 1 is 1.17 bits per heavy atom. The lowest BCUT2D eigenvalue weighted by Crippen LogP contribution is -2.34. The highest BCUT2D eigenvalue weighted by atomic mass is 16.2. The number of pyridine rings is 1. The van der Waals surface area contributed by atoms with Crippen molar-refractivity contribution in [2.24, 2.45) is 0 Å². The van der Waals surface area contributed by atoms with E-state index >= 15 is 0 Å². The largest absolute Gasteiger partial charge is 0.351 e. The van der Waals surface area contributed by atoms with E-state index in [0.29, 0.717) is 48.2 Å². The van der Waals surface area contributed by atoms with Gasteiger partial charge in [0.2, 0.25) is 0 Å². The van der Waals surface area contributed by atoms with Crippen molar-refractivity contribution < 1.29 is 4.79 Å². The van der Waals surface area contributed by atoms with E-state index in [0.717, 1.165) is 10.8 Å². The number of benzene rings is 2. The highest BCUT2D eigenvalue weighted by molar-refractivity contribution is 6.02. The molecule has 0 saturated carbocycles. The summed E-state index contributed by atoms with van der Waals surface area (Å²) >= 11 is 0. The van der Waals surface area contributed by atoms with E-state index in [1.807, 2.05) is 48.3 Å². The first kappa shape index (κ1) is 19.6. The van der Waals surface area contributed by atoms with Crippen molar-refractivity contribution in [2.75, 3.05) is 26.7 Å². The summed E-state index contributed by atoms with van der Waals surface area (Å²) in [6, 6.07) is 17.0. The highest BCUT2D eigenvalue weighted by Gasteiger charge is 2.15. The minimum absolute atomic E-state index is 0.202. The smallest absolute Gasteiger partial charge is 0.265 e. The molecule has 2 aromatic carbocycles. The van der Waals surface area contributed by atoms with Crippen LogP contribution < -0.4 is 10.9 Å². The number of rotatable bonds is 6. The van der Waals surface area contributed by atoms with Gasteiger partial charge in [-0.25, -0.2) is 4.98 Å². The average molecular weight is 399 g/mol. The first-order chi connectivity index (χ1) is 14.6. The van der Waals surface area contributed by atoms with E-state index in [4.69, 9.17) is 5.26 Å². The van der Waals surface area contributed by atoms with Crippen LogP contribution in [0.3, 0.4) is 0 Å². The number of nitrogens with one attached hydrogen (secondary N) is 1. The number of carbonyl (C=O) groups excluding carboxylic acids is 1. The molecule has 4 aromatic rings. The highest BCUT2D eigenvalue weighted by Crippen LogP contribution is 2.20. The van der Waals surface area contributed by atoms with Crippen molar-refractivity contribution >= 4 is 33.2 Å². The number of fused-ring (bicyclic) bond motifs is 3. The van der Waals surface area contributed by atoms with Gasteiger partial charge in [0, 0.05) is 32.3 Å². The number of hydrogen-bond acceptors (Lipinski definition) is 5. The third-order valence-electron chi connectivity index (χ3n) is 5.14. The topological polar surface area (TPSA) is 90.5 Å². The van der Waals surface area contributed by atoms with Gasteiger partial charge in [-0.15, -0.1) is 0 Å². The van der Waals surface area contributed by atoms with Crippen LogP contribution in [0.25, 0.3) is 27.3 Å². The summed E-state index contributed by atoms with van der Waals surface area (Å²) in [6.45, 7) is 1.71. The Morgan fingerprint density at radius 3 is 2.70 bits per heavy atom. The molecule has 0 atom stereocenters. The molecule has 0 bridgehead atoms. The number of nitrogens with zero attached hydrogens (tertiary/aromatic N) is 4. The number of amides is 1. The zero-order valence-corrected chi connectivity index (χ0v) is 16.6. The Morgan fingerprint density at radius 2 is 1.93 bits per heavy atom. The molecule has 0 aliphatic carbocycles. The minimum atomic E-state index is -0.283. The zero-order valence-electron chi connectivity index (χ0n) is 16.6. The van der Waals surface area contributed by atoms with Crippen molar-refractivity contribution in [2.45, 2.75) is 6.42 Å². The van der Waals surface area contributed by atoms with Crippen LogP contribution in [0.4, 0.5) is 0 Å². The van der Waals surface area contributed by atoms with Gasteiger partial charge in [0.1, 0.15) is 0 Å². The van der Waals surface area contributed by atoms with Crippen LogP contribution in [0.15, 0.2) is 59.5 Å². The van der Waals surface area contributed by atoms with Crippen molar-refractivity contribution in [3.63, 3.8) is 0 Å². The maximum absolute atomic E-state index is 13.1. The molecule has 2 aromatic heterocycles. The fourth-order valence-corrected chi connectivity index (χ4v) is 3.50. The molecule has 150 valence electrons. The van der Waals surface area contributed by atoms with E-state index in [-0.39, 0.29) is 11.5 Å². The van der Waals surface area contributed by atoms with Gasteiger partial charge < -0.3 is 10.2 Å². The second-order valence-electron chi connectivity index (χ2n) is 7.22. The molecule has 0 saturated heterocycles. The summed E-state index contributed by atoms with van der Waals surface area (Å²) in [4.78, 5) is 32.5. The summed E-state index contributed by atoms with van der Waals surface area (Å²) in [5.74, 6) is -0.283. The van der Waals surface area contributed by atoms with Crippen molar-refractivity contribution in [3.05, 3.63) is 70.6 Å². The normalized spacial score (nSPS) is 11.2. The predicted molar refractivity (Wildman–Crippen MR) is 117 cm³/mol. The third-order valence-corrected chi connectivity index (χ3v) is 5.14. The second-order valence-corrected chi connectivity index (χ2v) is 7.22. The predicted octanol–water partition coefficient (Wildman–Crippen LogP) is 2.58. The van der Waals surface area contributed by atoms with Gasteiger partial charge in [-0.2, -0.15) is 5.26 Å². The second kappa shape index (κ2) is 8.31. The molecule has 0 spiro atoms. The van der Waals surface area contributed by atoms with E-state index in [2.05, 4.69) is 16.4 Å². The fourth-order valence-electron chi connectivity index (χ4n) is 3.50. The molecule has 4 rings (SSSR count). The lowest BCUT2D eigenvalue weighted by atomic mass is 10.1. The van der Waals surface area contributed by atoms with Crippen LogP contribution in [-0.2, 0) is 0 Å². The van der Waals surface area contributed by atoms with Crippen LogP contribution in [-0.4, -0.2) is 46.9 Å². The molecule has 2 heterocycles. The summed E-state index contributed by atoms with van der Waals surface area (Å²) in [7, 11) is 1.90. The van der Waals surface area contributed by atoms with Crippen molar-refractivity contribution in [1.82, 2.24) is 19.6 Å². The van der Waals surface area contributed by atoms with E-state index < -0.39 is 0 Å². The maximum atomic E-state index is 13.1. The molecule has 7 heteroatoms. The quantitative estimate of drug-likeness (QED) is 0.503. The number of nitriles is 1. The van der Waals surface area contributed by atoms with Crippen molar-refractivity contribution in [3.8, 4) is 6.07 Å². The number of likely N-dealkylation sites (N-methyl/N-ethyl adjacent to an activating group) is 1. The minimum Gasteiger partial charge on any atom is -0.351 e. The van der Waals surface area contributed by atoms with Gasteiger partial charge in [-0.05, 0) is 42.1 Å². The number of hydrogen-bond donors (Lipinski definition) is 1. The first-order valence-corrected chi connectivity index (χ1v) is 9.76. The Hall–Kier alpha value is -3.76. The third kappa shape index (κ3) is 3.73. The molecular formula is C23H21N5O2. The molecule has 0 aliphatic heterocycles. The Balaban J connectivity index is 1.69. The zero-order chi connectivity index (χ0) is 21.1. The molecule has 7 nitrogen and oxygen atoms in total. The van der Waals surface area contributed by atoms with Gasteiger partial charge in [0.15, 0.2) is 5.65 Å². The fraction of sp³-hybridized carbons (Fsp3) is 0.217. The SMILES string of the molecule is CN(CCC#N)CCNC(=O)c1cccn2c(=O)c3cc4ccccc4cc3nc12. The number of aromatic nitrogens is 2. The van der Waals surface area contributed by atoms with Gasteiger partial charge in [0.25, 0.3) is 11.5 Å². The average Bonchev–Trinajstić information content (AvgIpc) is 2.76. The summed E-state index contributed by atoms with van der Waals surface area (Å²) in [5.41, 5.74) is 1.05. The van der Waals surface area contributed by atoms with E-state index in [1.165, 1.54) is 4.40 Å². The van der Waals surface area contributed by atoms with Crippen LogP contribution in [0.2, 0.25) is 0 Å². The van der Waals surface area contributed by atoms with Crippen LogP contribution in [0, 0.1) is 11.3 Å². The monoisotopic (exact) mass is 399 g/mol. The maximum Gasteiger partial charge on any atom is 0.265 e. The van der Waals surface area contributed by atoms with Crippen molar-refractivity contribution in [1.29, 1.82) is 5.26 Å². The molecule has 0 unspecified atom stereocenters. The standard InChI is InChI=1S/C23H21N5O2/c1-27(11-5-9-24)13-10-25-22(29)18-8-4-12-28-21(18)26-20-15-17-7-3-2-6-16(17)14-19(20)23(28)30/h2-4,6-8,12,14-15H,5,10-11,13H2,1H3,(H,25,29). The molecule has 30 heavy (non-hydrogen) atoms. The first-order valence-electron chi connectivity index (χ1n) is 9.76. The summed E-state index contributed by atoms with van der Waals surface area (Å²) < 4.78 is 1.42. The van der Waals surface area contributed by atoms with Gasteiger partial charge >= 0.3 is 0 Å². The molecule has 1 N–H and O–H groups in total. The lowest BCUT2D eigenvalue weighted by molar-refractivity contribution is 0.0951. The Labute approximate surface area is 173 Å². The molecule has 0 aliphatic rings. The van der Waals surface area contributed by atoms with Crippen LogP contribution in [0.5, 0.6) is 0 Å². The molecule has 1 amide bonds. The summed E-state index contributed by atoms with van der Waals surface area (Å²) in [6.07, 6.45) is 2.08. The van der Waals surface area contributed by atoms with Crippen LogP contribution >= 0.6 is 0 Å².